The summed E-state index contributed by atoms with van der Waals surface area (Å²) in [4.78, 5) is 28.6. The van der Waals surface area contributed by atoms with E-state index in [4.69, 9.17) is 5.11 Å². The number of amides is 1. The molecule has 1 amide bonds. The lowest BCUT2D eigenvalue weighted by atomic mass is 10.2. The van der Waals surface area contributed by atoms with Crippen LogP contribution in [0.4, 0.5) is 0 Å². The van der Waals surface area contributed by atoms with Gasteiger partial charge in [0.05, 0.1) is 5.56 Å². The molecule has 0 bridgehead atoms. The molecule has 5 heteroatoms. The molecule has 1 N–H and O–H groups in total. The van der Waals surface area contributed by atoms with Crippen LogP contribution >= 0.6 is 0 Å². The lowest BCUT2D eigenvalue weighted by Crippen LogP contribution is -2.32. The number of hydrogen-bond donors (Lipinski definition) is 1. The maximum Gasteiger partial charge on any atom is 0.335 e. The van der Waals surface area contributed by atoms with E-state index in [0.29, 0.717) is 13.1 Å². The zero-order valence-corrected chi connectivity index (χ0v) is 10.7. The van der Waals surface area contributed by atoms with Crippen molar-refractivity contribution in [2.75, 3.05) is 13.1 Å². The number of pyridine rings is 1. The zero-order chi connectivity index (χ0) is 13.5. The van der Waals surface area contributed by atoms with Gasteiger partial charge in [0.25, 0.3) is 5.91 Å². The molecule has 0 atom stereocenters. The van der Waals surface area contributed by atoms with Crippen LogP contribution in [0.5, 0.6) is 0 Å². The van der Waals surface area contributed by atoms with Crippen molar-refractivity contribution in [1.29, 1.82) is 0 Å². The van der Waals surface area contributed by atoms with Crippen molar-refractivity contribution in [2.45, 2.75) is 26.7 Å². The molecule has 1 aromatic rings. The third kappa shape index (κ3) is 3.55. The first kappa shape index (κ1) is 14.2. The molecule has 0 saturated carbocycles. The Morgan fingerprint density at radius 2 is 2.11 bits per heavy atom. The number of carbonyl (C=O) groups excluding carboxylic acids is 1. The van der Waals surface area contributed by atoms with Gasteiger partial charge in [0, 0.05) is 19.3 Å². The SMILES string of the molecule is CCCCN(CC)C(=O)c1cc(C(=O)O)ccn1. The van der Waals surface area contributed by atoms with Gasteiger partial charge < -0.3 is 10.0 Å². The molecule has 1 heterocycles. The molecule has 1 aromatic heterocycles. The van der Waals surface area contributed by atoms with Gasteiger partial charge in [-0.15, -0.1) is 0 Å². The van der Waals surface area contributed by atoms with Crippen LogP contribution in [0.2, 0.25) is 0 Å². The highest BCUT2D eigenvalue weighted by molar-refractivity contribution is 5.95. The summed E-state index contributed by atoms with van der Waals surface area (Å²) in [7, 11) is 0. The number of rotatable bonds is 6. The summed E-state index contributed by atoms with van der Waals surface area (Å²) in [6.07, 6.45) is 3.29. The van der Waals surface area contributed by atoms with Gasteiger partial charge in [0.1, 0.15) is 5.69 Å². The fraction of sp³-hybridized carbons (Fsp3) is 0.462. The van der Waals surface area contributed by atoms with Crippen molar-refractivity contribution in [3.63, 3.8) is 0 Å². The minimum Gasteiger partial charge on any atom is -0.478 e. The molecule has 0 radical (unpaired) electrons. The van der Waals surface area contributed by atoms with E-state index < -0.39 is 5.97 Å². The van der Waals surface area contributed by atoms with E-state index in [9.17, 15) is 9.59 Å². The summed E-state index contributed by atoms with van der Waals surface area (Å²) < 4.78 is 0. The van der Waals surface area contributed by atoms with Crippen LogP contribution in [-0.4, -0.2) is 40.0 Å². The smallest absolute Gasteiger partial charge is 0.335 e. The summed E-state index contributed by atoms with van der Waals surface area (Å²) in [6, 6.07) is 2.70. The Balaban J connectivity index is 2.87. The van der Waals surface area contributed by atoms with E-state index in [-0.39, 0.29) is 17.2 Å². The molecular weight excluding hydrogens is 232 g/mol. The summed E-state index contributed by atoms with van der Waals surface area (Å²) in [5, 5.41) is 8.88. The number of carboxylic acid groups (broad SMARTS) is 1. The van der Waals surface area contributed by atoms with Crippen molar-refractivity contribution in [3.8, 4) is 0 Å². The molecule has 1 rings (SSSR count). The number of unbranched alkanes of at least 4 members (excludes halogenated alkanes) is 1. The largest absolute Gasteiger partial charge is 0.478 e. The van der Waals surface area contributed by atoms with Crippen LogP contribution in [0.3, 0.4) is 0 Å². The second-order valence-electron chi connectivity index (χ2n) is 3.97. The van der Waals surface area contributed by atoms with E-state index in [2.05, 4.69) is 11.9 Å². The van der Waals surface area contributed by atoms with Crippen LogP contribution in [0, 0.1) is 0 Å². The van der Waals surface area contributed by atoms with Crippen LogP contribution < -0.4 is 0 Å². The molecule has 18 heavy (non-hydrogen) atoms. The van der Waals surface area contributed by atoms with Gasteiger partial charge in [-0.3, -0.25) is 9.78 Å². The van der Waals surface area contributed by atoms with Crippen molar-refractivity contribution in [1.82, 2.24) is 9.88 Å². The van der Waals surface area contributed by atoms with Gasteiger partial charge in [-0.05, 0) is 25.5 Å². The molecule has 5 nitrogen and oxygen atoms in total. The third-order valence-electron chi connectivity index (χ3n) is 2.68. The Morgan fingerprint density at radius 1 is 1.39 bits per heavy atom. The van der Waals surface area contributed by atoms with E-state index >= 15 is 0 Å². The molecular formula is C13H18N2O3. The first-order valence-corrected chi connectivity index (χ1v) is 6.08. The number of aromatic carboxylic acids is 1. The summed E-state index contributed by atoms with van der Waals surface area (Å²) >= 11 is 0. The molecule has 98 valence electrons. The zero-order valence-electron chi connectivity index (χ0n) is 10.7. The third-order valence-corrected chi connectivity index (χ3v) is 2.68. The number of hydrogen-bond acceptors (Lipinski definition) is 3. The number of nitrogens with zero attached hydrogens (tertiary/aromatic N) is 2. The molecule has 0 aliphatic heterocycles. The number of carbonyl (C=O) groups is 2. The highest BCUT2D eigenvalue weighted by atomic mass is 16.4. The number of aromatic nitrogens is 1. The van der Waals surface area contributed by atoms with Gasteiger partial charge in [0.2, 0.25) is 0 Å². The molecule has 0 spiro atoms. The normalized spacial score (nSPS) is 10.1. The predicted molar refractivity (Wildman–Crippen MR) is 67.7 cm³/mol. The van der Waals surface area contributed by atoms with Crippen LogP contribution in [0.25, 0.3) is 0 Å². The fourth-order valence-corrected chi connectivity index (χ4v) is 1.59. The highest BCUT2D eigenvalue weighted by Gasteiger charge is 2.16. The Hall–Kier alpha value is -1.91. The van der Waals surface area contributed by atoms with Crippen molar-refractivity contribution in [2.24, 2.45) is 0 Å². The Morgan fingerprint density at radius 3 is 2.67 bits per heavy atom. The Bertz CT molecular complexity index is 432. The second-order valence-corrected chi connectivity index (χ2v) is 3.97. The summed E-state index contributed by atoms with van der Waals surface area (Å²) in [5.41, 5.74) is 0.271. The predicted octanol–water partition coefficient (Wildman–Crippen LogP) is 2.04. The quantitative estimate of drug-likeness (QED) is 0.838. The van der Waals surface area contributed by atoms with E-state index in [1.54, 1.807) is 4.90 Å². The Labute approximate surface area is 106 Å². The molecule has 0 unspecified atom stereocenters. The maximum absolute atomic E-state index is 12.1. The van der Waals surface area contributed by atoms with Crippen molar-refractivity contribution in [3.05, 3.63) is 29.6 Å². The highest BCUT2D eigenvalue weighted by Crippen LogP contribution is 2.07. The maximum atomic E-state index is 12.1. The number of carboxylic acids is 1. The lowest BCUT2D eigenvalue weighted by Gasteiger charge is -2.20. The topological polar surface area (TPSA) is 70.5 Å². The molecule has 0 aliphatic rings. The van der Waals surface area contributed by atoms with Gasteiger partial charge in [-0.25, -0.2) is 4.79 Å². The van der Waals surface area contributed by atoms with Crippen molar-refractivity contribution >= 4 is 11.9 Å². The molecule has 0 aliphatic carbocycles. The lowest BCUT2D eigenvalue weighted by molar-refractivity contribution is 0.0696. The molecule has 0 fully saturated rings. The van der Waals surface area contributed by atoms with E-state index in [1.165, 1.54) is 18.3 Å². The van der Waals surface area contributed by atoms with E-state index in [0.717, 1.165) is 12.8 Å². The van der Waals surface area contributed by atoms with Crippen LogP contribution in [0.15, 0.2) is 18.3 Å². The monoisotopic (exact) mass is 250 g/mol. The van der Waals surface area contributed by atoms with Crippen LogP contribution in [-0.2, 0) is 0 Å². The van der Waals surface area contributed by atoms with Gasteiger partial charge >= 0.3 is 5.97 Å². The minimum atomic E-state index is -1.05. The first-order valence-electron chi connectivity index (χ1n) is 6.08. The Kier molecular flexibility index (Phi) is 5.30. The fourth-order valence-electron chi connectivity index (χ4n) is 1.59. The van der Waals surface area contributed by atoms with Gasteiger partial charge in [-0.2, -0.15) is 0 Å². The first-order chi connectivity index (χ1) is 8.60. The summed E-state index contributed by atoms with van der Waals surface area (Å²) in [6.45, 7) is 5.22. The average molecular weight is 250 g/mol. The van der Waals surface area contributed by atoms with Gasteiger partial charge in [0.15, 0.2) is 0 Å². The van der Waals surface area contributed by atoms with Gasteiger partial charge in [-0.1, -0.05) is 13.3 Å². The standard InChI is InChI=1S/C13H18N2O3/c1-3-5-8-15(4-2)12(16)11-9-10(13(17)18)6-7-14-11/h6-7,9H,3-5,8H2,1-2H3,(H,17,18). The minimum absolute atomic E-state index is 0.0832. The molecule has 0 aromatic carbocycles. The average Bonchev–Trinajstić information content (AvgIpc) is 2.39. The van der Waals surface area contributed by atoms with Crippen LogP contribution in [0.1, 0.15) is 47.5 Å². The second kappa shape index (κ2) is 6.74. The molecule has 0 saturated heterocycles. The van der Waals surface area contributed by atoms with Crippen molar-refractivity contribution < 1.29 is 14.7 Å². The summed E-state index contributed by atoms with van der Waals surface area (Å²) in [5.74, 6) is -1.27. The van der Waals surface area contributed by atoms with E-state index in [1.807, 2.05) is 6.92 Å².